The fraction of sp³-hybridized carbons (Fsp3) is 0.233. The minimum atomic E-state index is -0.234. The van der Waals surface area contributed by atoms with E-state index in [1.807, 2.05) is 68.7 Å². The molecule has 0 saturated carbocycles. The lowest BCUT2D eigenvalue weighted by Gasteiger charge is -2.33. The number of aldehydes is 1. The van der Waals surface area contributed by atoms with Crippen LogP contribution in [0.25, 0.3) is 10.8 Å². The van der Waals surface area contributed by atoms with E-state index in [0.717, 1.165) is 42.4 Å². The summed E-state index contributed by atoms with van der Waals surface area (Å²) in [5.41, 5.74) is 2.31. The molecule has 0 bridgehead atoms. The maximum Gasteiger partial charge on any atom is 0.256 e. The van der Waals surface area contributed by atoms with Crippen molar-refractivity contribution in [2.24, 2.45) is 0 Å². The van der Waals surface area contributed by atoms with E-state index in [1.54, 1.807) is 24.4 Å². The average molecular weight is 512 g/mol. The van der Waals surface area contributed by atoms with Gasteiger partial charge in [-0.05, 0) is 80.3 Å². The first kappa shape index (κ1) is 26.8. The number of aromatic nitrogens is 1. The maximum absolute atomic E-state index is 12.8. The summed E-state index contributed by atoms with van der Waals surface area (Å²) in [6.07, 6.45) is 2.44. The molecule has 0 radical (unpaired) electrons. The third-order valence-corrected chi connectivity index (χ3v) is 6.08. The first-order chi connectivity index (χ1) is 18.5. The van der Waals surface area contributed by atoms with E-state index in [-0.39, 0.29) is 5.91 Å². The van der Waals surface area contributed by atoms with Crippen LogP contribution in [0.3, 0.4) is 0 Å². The number of hydrogen-bond acceptors (Lipinski definition) is 7. The molecule has 196 valence electrons. The number of amides is 1. The summed E-state index contributed by atoms with van der Waals surface area (Å²) < 4.78 is 5.99. The van der Waals surface area contributed by atoms with E-state index in [1.165, 1.54) is 0 Å². The van der Waals surface area contributed by atoms with Crippen molar-refractivity contribution < 1.29 is 14.3 Å². The number of ether oxygens (including phenoxy) is 1. The number of carbonyl (C=O) groups excluding carboxylic acids is 2. The van der Waals surface area contributed by atoms with Gasteiger partial charge in [0.1, 0.15) is 17.3 Å². The van der Waals surface area contributed by atoms with Crippen molar-refractivity contribution in [1.29, 1.82) is 0 Å². The van der Waals surface area contributed by atoms with Gasteiger partial charge in [0.25, 0.3) is 5.91 Å². The van der Waals surface area contributed by atoms with Crippen LogP contribution in [0.5, 0.6) is 11.5 Å². The van der Waals surface area contributed by atoms with Crippen molar-refractivity contribution in [1.82, 2.24) is 15.6 Å². The number of rotatable bonds is 6. The van der Waals surface area contributed by atoms with Gasteiger partial charge in [0.2, 0.25) is 0 Å². The van der Waals surface area contributed by atoms with Gasteiger partial charge >= 0.3 is 0 Å². The summed E-state index contributed by atoms with van der Waals surface area (Å²) >= 11 is 0. The number of piperazine rings is 1. The maximum atomic E-state index is 12.8. The highest BCUT2D eigenvalue weighted by Gasteiger charge is 2.16. The largest absolute Gasteiger partial charge is 0.457 e. The van der Waals surface area contributed by atoms with Crippen LogP contribution in [0.4, 0.5) is 11.5 Å². The van der Waals surface area contributed by atoms with Crippen molar-refractivity contribution >= 4 is 34.5 Å². The quantitative estimate of drug-likeness (QED) is 0.322. The number of fused-ring (bicyclic) bond motifs is 1. The zero-order valence-electron chi connectivity index (χ0n) is 21.9. The third kappa shape index (κ3) is 6.73. The number of benzene rings is 3. The van der Waals surface area contributed by atoms with E-state index in [9.17, 15) is 9.59 Å². The minimum absolute atomic E-state index is 0.234. The van der Waals surface area contributed by atoms with Crippen LogP contribution in [0.2, 0.25) is 0 Å². The molecule has 1 aliphatic rings. The van der Waals surface area contributed by atoms with Crippen LogP contribution >= 0.6 is 0 Å². The predicted molar refractivity (Wildman–Crippen MR) is 153 cm³/mol. The SMILES string of the molecule is CC1CN(c2ccc(C(=O)Nc3cc(Oc4ccc5c(C=O)cccc5c4)ccn3)cc2)CCN1.CNC. The number of pyridine rings is 1. The van der Waals surface area contributed by atoms with Crippen LogP contribution in [-0.2, 0) is 0 Å². The standard InChI is InChI=1S/C28H26N4O3.C2H7N/c1-19-17-32(14-13-29-19)23-7-5-20(6-8-23)28(34)31-27-16-25(11-12-30-27)35-24-9-10-26-21(15-24)3-2-4-22(26)18-33;1-3-2/h2-12,15-16,18-19,29H,13-14,17H2,1H3,(H,30,31,34);3H,1-2H3. The van der Waals surface area contributed by atoms with E-state index in [4.69, 9.17) is 4.74 Å². The Hall–Kier alpha value is -4.27. The van der Waals surface area contributed by atoms with Crippen LogP contribution in [0, 0.1) is 0 Å². The minimum Gasteiger partial charge on any atom is -0.457 e. The van der Waals surface area contributed by atoms with Crippen molar-refractivity contribution in [2.45, 2.75) is 13.0 Å². The Bertz CT molecular complexity index is 1390. The molecular formula is C30H33N5O3. The number of hydrogen-bond donors (Lipinski definition) is 3. The van der Waals surface area contributed by atoms with E-state index in [2.05, 4.69) is 32.8 Å². The second-order valence-corrected chi connectivity index (χ2v) is 9.13. The molecule has 5 rings (SSSR count). The van der Waals surface area contributed by atoms with Gasteiger partial charge in [-0.15, -0.1) is 0 Å². The lowest BCUT2D eigenvalue weighted by Crippen LogP contribution is -2.49. The highest BCUT2D eigenvalue weighted by atomic mass is 16.5. The van der Waals surface area contributed by atoms with E-state index in [0.29, 0.717) is 34.5 Å². The van der Waals surface area contributed by atoms with E-state index >= 15 is 0 Å². The monoisotopic (exact) mass is 511 g/mol. The summed E-state index contributed by atoms with van der Waals surface area (Å²) in [5, 5.41) is 10.8. The number of carbonyl (C=O) groups is 2. The zero-order valence-corrected chi connectivity index (χ0v) is 21.9. The number of anilines is 2. The van der Waals surface area contributed by atoms with E-state index < -0.39 is 0 Å². The van der Waals surface area contributed by atoms with Crippen LogP contribution < -0.4 is 25.6 Å². The smallest absolute Gasteiger partial charge is 0.256 e. The molecule has 0 aliphatic carbocycles. The summed E-state index contributed by atoms with van der Waals surface area (Å²) in [7, 11) is 3.75. The fourth-order valence-electron chi connectivity index (χ4n) is 4.31. The zero-order chi connectivity index (χ0) is 26.9. The molecule has 8 heteroatoms. The average Bonchev–Trinajstić information content (AvgIpc) is 2.93. The first-order valence-corrected chi connectivity index (χ1v) is 12.6. The van der Waals surface area contributed by atoms with Crippen molar-refractivity contribution in [3.8, 4) is 11.5 Å². The van der Waals surface area contributed by atoms with Crippen molar-refractivity contribution in [2.75, 3.05) is 43.9 Å². The Balaban J connectivity index is 0.00000107. The molecule has 1 amide bonds. The summed E-state index contributed by atoms with van der Waals surface area (Å²) in [6, 6.07) is 22.6. The van der Waals surface area contributed by atoms with Crippen LogP contribution in [-0.4, -0.2) is 56.9 Å². The van der Waals surface area contributed by atoms with Gasteiger partial charge in [-0.25, -0.2) is 4.98 Å². The molecule has 1 unspecified atom stereocenters. The molecule has 8 nitrogen and oxygen atoms in total. The molecular weight excluding hydrogens is 478 g/mol. The van der Waals surface area contributed by atoms with Crippen molar-refractivity contribution in [3.63, 3.8) is 0 Å². The Labute approximate surface area is 223 Å². The van der Waals surface area contributed by atoms with Crippen molar-refractivity contribution in [3.05, 3.63) is 90.1 Å². The van der Waals surface area contributed by atoms with Gasteiger partial charge in [-0.3, -0.25) is 9.59 Å². The number of nitrogens with one attached hydrogen (secondary N) is 3. The summed E-state index contributed by atoms with van der Waals surface area (Å²) in [4.78, 5) is 30.6. The third-order valence-electron chi connectivity index (χ3n) is 6.08. The second-order valence-electron chi connectivity index (χ2n) is 9.13. The molecule has 1 saturated heterocycles. The molecule has 3 aromatic carbocycles. The number of nitrogens with zero attached hydrogens (tertiary/aromatic N) is 2. The molecule has 1 fully saturated rings. The van der Waals surface area contributed by atoms with Crippen LogP contribution in [0.1, 0.15) is 27.6 Å². The summed E-state index contributed by atoms with van der Waals surface area (Å²) in [6.45, 7) is 5.01. The Kier molecular flexibility index (Phi) is 9.02. The van der Waals surface area contributed by atoms with Crippen LogP contribution in [0.15, 0.2) is 79.0 Å². The van der Waals surface area contributed by atoms with Gasteiger partial charge in [0, 0.05) is 54.8 Å². The second kappa shape index (κ2) is 12.8. The molecule has 1 aromatic heterocycles. The molecule has 1 aliphatic heterocycles. The normalized spacial score (nSPS) is 14.8. The molecule has 1 atom stereocenters. The lowest BCUT2D eigenvalue weighted by molar-refractivity contribution is 0.102. The van der Waals surface area contributed by atoms with Gasteiger partial charge in [0.05, 0.1) is 0 Å². The molecule has 3 N–H and O–H groups in total. The summed E-state index contributed by atoms with van der Waals surface area (Å²) in [5.74, 6) is 1.34. The Morgan fingerprint density at radius 3 is 2.55 bits per heavy atom. The highest BCUT2D eigenvalue weighted by molar-refractivity contribution is 6.04. The Morgan fingerprint density at radius 1 is 1.05 bits per heavy atom. The highest BCUT2D eigenvalue weighted by Crippen LogP contribution is 2.28. The molecule has 0 spiro atoms. The van der Waals surface area contributed by atoms with Gasteiger partial charge < -0.3 is 25.6 Å². The first-order valence-electron chi connectivity index (χ1n) is 12.6. The predicted octanol–water partition coefficient (Wildman–Crippen LogP) is 4.73. The van der Waals surface area contributed by atoms with Gasteiger partial charge in [-0.1, -0.05) is 18.2 Å². The lowest BCUT2D eigenvalue weighted by atomic mass is 10.1. The fourth-order valence-corrected chi connectivity index (χ4v) is 4.31. The molecule has 2 heterocycles. The van der Waals surface area contributed by atoms with Gasteiger partial charge in [-0.2, -0.15) is 0 Å². The van der Waals surface area contributed by atoms with Gasteiger partial charge in [0.15, 0.2) is 6.29 Å². The molecule has 38 heavy (non-hydrogen) atoms. The Morgan fingerprint density at radius 2 is 1.82 bits per heavy atom. The molecule has 4 aromatic rings. The topological polar surface area (TPSA) is 95.6 Å².